The zero-order chi connectivity index (χ0) is 42.3. The van der Waals surface area contributed by atoms with E-state index in [1.54, 1.807) is 0 Å². The third kappa shape index (κ3) is 36.2. The molecule has 1 aliphatic heterocycles. The van der Waals surface area contributed by atoms with Gasteiger partial charge in [0.05, 0.1) is 18.3 Å². The summed E-state index contributed by atoms with van der Waals surface area (Å²) in [6.07, 6.45) is 27.2. The molecule has 0 bridgehead atoms. The number of allylic oxidation sites excluding steroid dienone is 3. The van der Waals surface area contributed by atoms with Crippen LogP contribution in [-0.4, -0.2) is 69.3 Å². The van der Waals surface area contributed by atoms with Crippen LogP contribution in [0.15, 0.2) is 24.3 Å². The van der Waals surface area contributed by atoms with Crippen LogP contribution in [0, 0.1) is 0 Å². The lowest BCUT2D eigenvalue weighted by Crippen LogP contribution is -2.27. The molecule has 0 aromatic rings. The van der Waals surface area contributed by atoms with Gasteiger partial charge in [-0.1, -0.05) is 140 Å². The molecule has 0 radical (unpaired) electrons. The Hall–Kier alpha value is -1.44. The molecule has 0 aromatic heterocycles. The van der Waals surface area contributed by atoms with Crippen molar-refractivity contribution in [1.29, 1.82) is 0 Å². The molecule has 336 valence electrons. The molecule has 4 atom stereocenters. The number of carbonyl (C=O) groups excluding carboxylic acids is 1. The Balaban J connectivity index is 2.85. The van der Waals surface area contributed by atoms with Crippen LogP contribution < -0.4 is 0 Å². The Morgan fingerprint density at radius 2 is 1.11 bits per heavy atom. The number of hydrogen-bond donors (Lipinski definition) is 3. The smallest absolute Gasteiger partial charge is 0.397 e. The predicted molar refractivity (Wildman–Crippen MR) is 222 cm³/mol. The van der Waals surface area contributed by atoms with Crippen LogP contribution in [0.5, 0.6) is 0 Å². The molecule has 14 nitrogen and oxygen atoms in total. The third-order valence-corrected chi connectivity index (χ3v) is 11.7. The summed E-state index contributed by atoms with van der Waals surface area (Å²) < 4.78 is 118. The summed E-state index contributed by atoms with van der Waals surface area (Å²) >= 11 is 0. The number of carbonyl (C=O) groups is 1. The summed E-state index contributed by atoms with van der Waals surface area (Å²) in [6.45, 7) is 1.98. The van der Waals surface area contributed by atoms with Crippen LogP contribution in [0.25, 0.3) is 0 Å². The van der Waals surface area contributed by atoms with Crippen molar-refractivity contribution >= 4 is 37.2 Å². The highest BCUT2D eigenvalue weighted by Crippen LogP contribution is 2.24. The first kappa shape index (κ1) is 53.6. The second kappa shape index (κ2) is 32.3. The number of esters is 1. The molecule has 3 N–H and O–H groups in total. The molecule has 1 aliphatic rings. The first-order chi connectivity index (χ1) is 27.1. The molecule has 1 heterocycles. The van der Waals surface area contributed by atoms with E-state index >= 15 is 0 Å². The van der Waals surface area contributed by atoms with Gasteiger partial charge < -0.3 is 4.74 Å². The molecule has 57 heavy (non-hydrogen) atoms. The highest BCUT2D eigenvalue weighted by molar-refractivity contribution is 7.81. The van der Waals surface area contributed by atoms with Gasteiger partial charge in [0.1, 0.15) is 6.10 Å². The number of cyclic esters (lactones) is 1. The fraction of sp³-hybridized carbons (Fsp3) is 0.875. The molecule has 0 saturated carbocycles. The summed E-state index contributed by atoms with van der Waals surface area (Å²) in [5.74, 6) is -0.471. The van der Waals surface area contributed by atoms with Crippen molar-refractivity contribution < 1.29 is 61.0 Å². The first-order valence-corrected chi connectivity index (χ1v) is 25.6. The third-order valence-electron chi connectivity index (χ3n) is 10.2. The van der Waals surface area contributed by atoms with Gasteiger partial charge in [-0.3, -0.25) is 13.7 Å². The van der Waals surface area contributed by atoms with E-state index in [0.717, 1.165) is 141 Å². The maximum Gasteiger partial charge on any atom is 0.397 e. The van der Waals surface area contributed by atoms with Crippen LogP contribution in [0.3, 0.4) is 0 Å². The van der Waals surface area contributed by atoms with Crippen molar-refractivity contribution in [2.24, 2.45) is 0 Å². The average molecular weight is 875 g/mol. The Morgan fingerprint density at radius 1 is 0.649 bits per heavy atom. The van der Waals surface area contributed by atoms with Gasteiger partial charge >= 0.3 is 37.2 Å². The minimum Gasteiger partial charge on any atom is -0.459 e. The minimum atomic E-state index is -4.79. The average Bonchev–Trinajstić information content (AvgIpc) is 3.09. The second-order valence-corrected chi connectivity index (χ2v) is 18.6. The molecule has 0 saturated heterocycles. The van der Waals surface area contributed by atoms with Gasteiger partial charge in [0.15, 0.2) is 0 Å². The van der Waals surface area contributed by atoms with E-state index in [-0.39, 0.29) is 25.7 Å². The molecule has 4 unspecified atom stereocenters. The molecule has 0 spiro atoms. The topological polar surface area (TPSA) is 217 Å². The molecular weight excluding hydrogens is 801 g/mol. The molecule has 1 rings (SSSR count). The standard InChI is InChI=1S/C40H74O14S3/c1-2-3-4-5-14-20-25-30-37(52-55(42,43)44)34-36-29-24-19-15-11-9-12-17-22-27-32-39(54-57(48,49)50)35-38(53-56(45,46)47)31-26-21-16-10-7-6-8-13-18-23-28-33-40(41)51-36/h2-3,28,33,36-39H,4-27,29-32,34-35H2,1H3,(H,42,43,44)(H,45,46,47)(H,48,49,50)/b3-2+,33-28+. The van der Waals surface area contributed by atoms with Crippen molar-refractivity contribution in [3.05, 3.63) is 24.3 Å². The van der Waals surface area contributed by atoms with Gasteiger partial charge in [-0.2, -0.15) is 25.3 Å². The van der Waals surface area contributed by atoms with Crippen molar-refractivity contribution in [3.8, 4) is 0 Å². The highest BCUT2D eigenvalue weighted by Gasteiger charge is 2.26. The Kier molecular flexibility index (Phi) is 30.4. The van der Waals surface area contributed by atoms with E-state index in [1.807, 2.05) is 19.1 Å². The normalized spacial score (nSPS) is 24.0. The van der Waals surface area contributed by atoms with Crippen LogP contribution >= 0.6 is 0 Å². The van der Waals surface area contributed by atoms with Gasteiger partial charge in [-0.05, 0) is 64.7 Å². The number of rotatable bonds is 15. The van der Waals surface area contributed by atoms with Gasteiger partial charge in [-0.15, -0.1) is 0 Å². The second-order valence-electron chi connectivity index (χ2n) is 15.4. The Morgan fingerprint density at radius 3 is 1.58 bits per heavy atom. The monoisotopic (exact) mass is 874 g/mol. The largest absolute Gasteiger partial charge is 0.459 e. The van der Waals surface area contributed by atoms with E-state index in [4.69, 9.17) is 17.3 Å². The molecule has 0 fully saturated rings. The van der Waals surface area contributed by atoms with Crippen molar-refractivity contribution in [2.75, 3.05) is 0 Å². The fourth-order valence-electron chi connectivity index (χ4n) is 7.33. The lowest BCUT2D eigenvalue weighted by molar-refractivity contribution is -0.144. The van der Waals surface area contributed by atoms with Crippen LogP contribution in [-0.2, 0) is 53.3 Å². The van der Waals surface area contributed by atoms with E-state index in [2.05, 4.69) is 6.08 Å². The van der Waals surface area contributed by atoms with Crippen LogP contribution in [0.1, 0.15) is 200 Å². The lowest BCUT2D eigenvalue weighted by atomic mass is 9.99. The summed E-state index contributed by atoms with van der Waals surface area (Å²) in [7, 11) is -14.2. The summed E-state index contributed by atoms with van der Waals surface area (Å²) in [4.78, 5) is 12.8. The Bertz CT molecular complexity index is 1410. The maximum atomic E-state index is 12.8. The maximum absolute atomic E-state index is 12.8. The lowest BCUT2D eigenvalue weighted by Gasteiger charge is -2.23. The summed E-state index contributed by atoms with van der Waals surface area (Å²) in [5, 5.41) is 0. The summed E-state index contributed by atoms with van der Waals surface area (Å²) in [5.41, 5.74) is 0. The number of unbranched alkanes of at least 4 members (excludes halogenated alkanes) is 4. The molecule has 0 aromatic carbocycles. The van der Waals surface area contributed by atoms with Gasteiger partial charge in [-0.25, -0.2) is 17.3 Å². The quantitative estimate of drug-likeness (QED) is 0.0604. The van der Waals surface area contributed by atoms with E-state index in [9.17, 15) is 43.7 Å². The SMILES string of the molecule is C/C=C/CCCCCCC(CC1CCCCCCCCCCCC(OS(=O)(=O)O)CC(OS(=O)(=O)O)CCCCCCCCCCC/C=C/C(=O)O1)OS(=O)(=O)O. The van der Waals surface area contributed by atoms with Crippen LogP contribution in [0.4, 0.5) is 0 Å². The molecule has 17 heteroatoms. The van der Waals surface area contributed by atoms with Crippen molar-refractivity contribution in [2.45, 2.75) is 224 Å². The predicted octanol–water partition coefficient (Wildman–Crippen LogP) is 10.3. The van der Waals surface area contributed by atoms with Crippen LogP contribution in [0.2, 0.25) is 0 Å². The van der Waals surface area contributed by atoms with Crippen molar-refractivity contribution in [1.82, 2.24) is 0 Å². The highest BCUT2D eigenvalue weighted by atomic mass is 32.3. The fourth-order valence-corrected chi connectivity index (χ4v) is 8.89. The van der Waals surface area contributed by atoms with E-state index in [1.165, 1.54) is 6.08 Å². The molecule has 0 amide bonds. The molecular formula is C40H74O14S3. The first-order valence-electron chi connectivity index (χ1n) is 21.5. The van der Waals surface area contributed by atoms with E-state index < -0.39 is 61.6 Å². The summed E-state index contributed by atoms with van der Waals surface area (Å²) in [6, 6.07) is 0. The zero-order valence-corrected chi connectivity index (χ0v) is 36.8. The van der Waals surface area contributed by atoms with Crippen molar-refractivity contribution in [3.63, 3.8) is 0 Å². The van der Waals surface area contributed by atoms with E-state index in [0.29, 0.717) is 25.7 Å². The number of ether oxygens (including phenoxy) is 1. The molecule has 0 aliphatic carbocycles. The zero-order valence-electron chi connectivity index (χ0n) is 34.4. The van der Waals surface area contributed by atoms with Gasteiger partial charge in [0.2, 0.25) is 0 Å². The minimum absolute atomic E-state index is 0.111. The Labute approximate surface area is 345 Å². The van der Waals surface area contributed by atoms with Gasteiger partial charge in [0, 0.05) is 18.9 Å². The number of hydrogen-bond acceptors (Lipinski definition) is 11. The van der Waals surface area contributed by atoms with Gasteiger partial charge in [0.25, 0.3) is 0 Å².